The number of carboxylic acids is 1. The van der Waals surface area contributed by atoms with Crippen molar-refractivity contribution in [2.24, 2.45) is 0 Å². The van der Waals surface area contributed by atoms with Crippen LogP contribution in [0, 0.1) is 5.82 Å². The molecule has 0 amide bonds. The molecule has 174 valence electrons. The van der Waals surface area contributed by atoms with E-state index in [9.17, 15) is 14.3 Å². The Labute approximate surface area is 211 Å². The van der Waals surface area contributed by atoms with Crippen molar-refractivity contribution in [3.05, 3.63) is 105 Å². The monoisotopic (exact) mass is 502 g/mol. The predicted molar refractivity (Wildman–Crippen MR) is 142 cm³/mol. The minimum atomic E-state index is -0.849. The van der Waals surface area contributed by atoms with Crippen molar-refractivity contribution in [3.63, 3.8) is 0 Å². The van der Waals surface area contributed by atoms with Gasteiger partial charge < -0.3 is 5.11 Å². The molecular weight excluding hydrogens is 483 g/mol. The van der Waals surface area contributed by atoms with Gasteiger partial charge in [0.2, 0.25) is 0 Å². The lowest BCUT2D eigenvalue weighted by Gasteiger charge is -2.22. The van der Waals surface area contributed by atoms with Gasteiger partial charge in [-0.3, -0.25) is 9.78 Å². The number of pyridine rings is 2. The van der Waals surface area contributed by atoms with Crippen LogP contribution in [-0.2, 0) is 4.79 Å². The van der Waals surface area contributed by atoms with Gasteiger partial charge in [-0.05, 0) is 71.7 Å². The van der Waals surface area contributed by atoms with Crippen LogP contribution in [0.3, 0.4) is 0 Å². The number of rotatable bonds is 5. The van der Waals surface area contributed by atoms with Gasteiger partial charge in [0.25, 0.3) is 0 Å². The van der Waals surface area contributed by atoms with Crippen molar-refractivity contribution >= 4 is 64.5 Å². The maximum absolute atomic E-state index is 13.7. The minimum Gasteiger partial charge on any atom is -0.480 e. The molecule has 2 atom stereocenters. The Bertz CT molecular complexity index is 1520. The SMILES string of the molecule is CC(SC1c2cc(C=Cc3ccc4cc(F)c(Cl)cc4n3)ccc2C=Cc2ncccc21)C(=O)O. The van der Waals surface area contributed by atoms with Crippen LogP contribution < -0.4 is 0 Å². The summed E-state index contributed by atoms with van der Waals surface area (Å²) in [6.07, 6.45) is 9.59. The average molecular weight is 503 g/mol. The predicted octanol–water partition coefficient (Wildman–Crippen LogP) is 7.37. The second-order valence-corrected chi connectivity index (χ2v) is 10.1. The van der Waals surface area contributed by atoms with Gasteiger partial charge in [-0.25, -0.2) is 9.37 Å². The van der Waals surface area contributed by atoms with E-state index >= 15 is 0 Å². The van der Waals surface area contributed by atoms with Crippen LogP contribution in [0.2, 0.25) is 5.02 Å². The lowest BCUT2D eigenvalue weighted by molar-refractivity contribution is -0.136. The zero-order valence-electron chi connectivity index (χ0n) is 18.7. The molecule has 0 saturated carbocycles. The van der Waals surface area contributed by atoms with E-state index in [1.165, 1.54) is 23.9 Å². The second-order valence-electron chi connectivity index (χ2n) is 8.22. The van der Waals surface area contributed by atoms with Crippen molar-refractivity contribution in [1.29, 1.82) is 0 Å². The summed E-state index contributed by atoms with van der Waals surface area (Å²) in [5, 5.41) is 9.51. The van der Waals surface area contributed by atoms with Crippen molar-refractivity contribution < 1.29 is 14.3 Å². The zero-order valence-corrected chi connectivity index (χ0v) is 20.2. The maximum atomic E-state index is 13.7. The Morgan fingerprint density at radius 2 is 1.97 bits per heavy atom. The molecule has 35 heavy (non-hydrogen) atoms. The zero-order chi connectivity index (χ0) is 24.5. The smallest absolute Gasteiger partial charge is 0.316 e. The number of halogens is 2. The third kappa shape index (κ3) is 4.85. The summed E-state index contributed by atoms with van der Waals surface area (Å²) in [5.41, 5.74) is 6.17. The Kier molecular flexibility index (Phi) is 6.41. The Morgan fingerprint density at radius 1 is 1.11 bits per heavy atom. The molecule has 0 aliphatic heterocycles. The van der Waals surface area contributed by atoms with E-state index < -0.39 is 17.0 Å². The minimum absolute atomic E-state index is 0.0406. The quantitative estimate of drug-likeness (QED) is 0.308. The van der Waals surface area contributed by atoms with E-state index in [0.717, 1.165) is 33.6 Å². The van der Waals surface area contributed by atoms with Crippen LogP contribution in [0.25, 0.3) is 35.2 Å². The number of carbonyl (C=O) groups is 1. The molecule has 0 radical (unpaired) electrons. The van der Waals surface area contributed by atoms with E-state index in [-0.39, 0.29) is 10.3 Å². The van der Waals surface area contributed by atoms with Crippen LogP contribution in [0.4, 0.5) is 4.39 Å². The van der Waals surface area contributed by atoms with Gasteiger partial charge in [-0.2, -0.15) is 0 Å². The number of nitrogens with zero attached hydrogens (tertiary/aromatic N) is 2. The van der Waals surface area contributed by atoms with Crippen LogP contribution >= 0.6 is 23.4 Å². The van der Waals surface area contributed by atoms with Crippen LogP contribution in [0.15, 0.2) is 60.8 Å². The molecule has 0 bridgehead atoms. The van der Waals surface area contributed by atoms with Crippen molar-refractivity contribution in [2.45, 2.75) is 17.4 Å². The third-order valence-corrected chi connectivity index (χ3v) is 7.53. The summed E-state index contributed by atoms with van der Waals surface area (Å²) in [5.74, 6) is -1.32. The number of hydrogen-bond acceptors (Lipinski definition) is 4. The van der Waals surface area contributed by atoms with E-state index in [1.54, 1.807) is 13.1 Å². The largest absolute Gasteiger partial charge is 0.480 e. The molecule has 2 unspecified atom stereocenters. The van der Waals surface area contributed by atoms with Gasteiger partial charge in [0, 0.05) is 11.6 Å². The first-order chi connectivity index (χ1) is 16.9. The number of aromatic nitrogens is 2. The highest BCUT2D eigenvalue weighted by Crippen LogP contribution is 2.43. The highest BCUT2D eigenvalue weighted by molar-refractivity contribution is 8.01. The first-order valence-corrected chi connectivity index (χ1v) is 12.3. The maximum Gasteiger partial charge on any atom is 0.316 e. The highest BCUT2D eigenvalue weighted by Gasteiger charge is 2.27. The van der Waals surface area contributed by atoms with Crippen molar-refractivity contribution in [1.82, 2.24) is 9.97 Å². The molecule has 1 aliphatic rings. The van der Waals surface area contributed by atoms with Crippen molar-refractivity contribution in [3.8, 4) is 0 Å². The molecule has 7 heteroatoms. The first-order valence-electron chi connectivity index (χ1n) is 11.0. The van der Waals surface area contributed by atoms with Crippen LogP contribution in [0.1, 0.15) is 45.8 Å². The molecule has 2 aromatic heterocycles. The molecule has 4 aromatic rings. The molecule has 2 aromatic carbocycles. The molecule has 2 heterocycles. The molecular formula is C28H20ClFN2O2S. The Balaban J connectivity index is 1.52. The Morgan fingerprint density at radius 3 is 2.80 bits per heavy atom. The van der Waals surface area contributed by atoms with E-state index in [0.29, 0.717) is 10.9 Å². The standard InChI is InChI=1S/C28H20ClFN2O2S/c1-16(28(33)34)35-27-21-3-2-12-31-25(21)11-8-18-6-4-17(13-22(18)27)5-9-20-10-7-19-14-24(30)23(29)15-26(19)32-20/h2-16,27H,1H3,(H,33,34). The van der Waals surface area contributed by atoms with Gasteiger partial charge in [0.15, 0.2) is 0 Å². The number of hydrogen-bond donors (Lipinski definition) is 1. The number of carboxylic acid groups (broad SMARTS) is 1. The van der Waals surface area contributed by atoms with Gasteiger partial charge in [0.1, 0.15) is 11.1 Å². The summed E-state index contributed by atoms with van der Waals surface area (Å²) in [6, 6.07) is 16.5. The van der Waals surface area contributed by atoms with Crippen LogP contribution in [-0.4, -0.2) is 26.3 Å². The fourth-order valence-corrected chi connectivity index (χ4v) is 5.40. The van der Waals surface area contributed by atoms with Gasteiger partial charge >= 0.3 is 5.97 Å². The summed E-state index contributed by atoms with van der Waals surface area (Å²) >= 11 is 7.31. The number of aliphatic carboxylic acids is 1. The van der Waals surface area contributed by atoms with E-state index in [1.807, 2.05) is 60.7 Å². The summed E-state index contributed by atoms with van der Waals surface area (Å²) in [6.45, 7) is 1.70. The molecule has 0 spiro atoms. The third-order valence-electron chi connectivity index (χ3n) is 5.86. The van der Waals surface area contributed by atoms with Gasteiger partial charge in [0.05, 0.1) is 27.2 Å². The van der Waals surface area contributed by atoms with Gasteiger partial charge in [-0.15, -0.1) is 11.8 Å². The second kappa shape index (κ2) is 9.64. The van der Waals surface area contributed by atoms with Crippen molar-refractivity contribution in [2.75, 3.05) is 0 Å². The highest BCUT2D eigenvalue weighted by atomic mass is 35.5. The number of fused-ring (bicyclic) bond motifs is 3. The lowest BCUT2D eigenvalue weighted by Crippen LogP contribution is -2.15. The molecule has 0 fully saturated rings. The summed E-state index contributed by atoms with van der Waals surface area (Å²) < 4.78 is 13.7. The number of benzene rings is 2. The fraction of sp³-hybridized carbons (Fsp3) is 0.107. The van der Waals surface area contributed by atoms with E-state index in [2.05, 4.69) is 16.0 Å². The fourth-order valence-electron chi connectivity index (χ4n) is 4.02. The molecule has 1 aliphatic carbocycles. The molecule has 5 rings (SSSR count). The first kappa shape index (κ1) is 23.3. The lowest BCUT2D eigenvalue weighted by atomic mass is 9.98. The normalized spacial score (nSPS) is 15.6. The topological polar surface area (TPSA) is 63.1 Å². The summed E-state index contributed by atoms with van der Waals surface area (Å²) in [7, 11) is 0. The molecule has 1 N–H and O–H groups in total. The van der Waals surface area contributed by atoms with E-state index in [4.69, 9.17) is 11.6 Å². The molecule has 4 nitrogen and oxygen atoms in total. The van der Waals surface area contributed by atoms with Crippen LogP contribution in [0.5, 0.6) is 0 Å². The molecule has 0 saturated heterocycles. The number of thioether (sulfide) groups is 1. The average Bonchev–Trinajstić information content (AvgIpc) is 3.00. The Hall–Kier alpha value is -3.48. The summed E-state index contributed by atoms with van der Waals surface area (Å²) in [4.78, 5) is 20.7. The van der Waals surface area contributed by atoms with Gasteiger partial charge in [-0.1, -0.05) is 48.0 Å².